The molecule has 0 saturated heterocycles. The van der Waals surface area contributed by atoms with Gasteiger partial charge in [0.25, 0.3) is 0 Å². The van der Waals surface area contributed by atoms with Crippen LogP contribution in [0.15, 0.2) is 114 Å². The minimum absolute atomic E-state index is 0.281. The second-order valence-electron chi connectivity index (χ2n) is 9.24. The third kappa shape index (κ3) is 2.03. The minimum atomic E-state index is -0.696. The van der Waals surface area contributed by atoms with Gasteiger partial charge in [0.1, 0.15) is 11.2 Å². The maximum absolute atomic E-state index is 6.32. The summed E-state index contributed by atoms with van der Waals surface area (Å²) in [5.74, 6) is 0. The molecule has 0 fully saturated rings. The molecule has 1 aliphatic heterocycles. The molecule has 8 rings (SSSR count). The van der Waals surface area contributed by atoms with Crippen LogP contribution in [0.1, 0.15) is 22.3 Å². The zero-order valence-electron chi connectivity index (χ0n) is 18.0. The van der Waals surface area contributed by atoms with E-state index in [1.54, 1.807) is 0 Å². The van der Waals surface area contributed by atoms with Gasteiger partial charge in [0.15, 0.2) is 0 Å². The molecule has 0 bridgehead atoms. The standard InChI is InChI=1S/C31H20OSi/c1-4-12-22-19(9-1)20-10-2-5-13-23(20)31(22)24-14-6-8-16-28(24)33-30-25(31)17-18-27-29(30)21-11-3-7-15-26(21)32-27/h1-18H,33H2. The maximum Gasteiger partial charge on any atom is 0.135 e. The van der Waals surface area contributed by atoms with Gasteiger partial charge < -0.3 is 4.42 Å². The van der Waals surface area contributed by atoms with Crippen LogP contribution in [0.4, 0.5) is 0 Å². The Morgan fingerprint density at radius 3 is 1.94 bits per heavy atom. The van der Waals surface area contributed by atoms with E-state index in [1.807, 2.05) is 0 Å². The highest BCUT2D eigenvalue weighted by Gasteiger charge is 2.49. The van der Waals surface area contributed by atoms with Crippen molar-refractivity contribution in [2.45, 2.75) is 5.41 Å². The van der Waals surface area contributed by atoms with E-state index in [-0.39, 0.29) is 5.41 Å². The van der Waals surface area contributed by atoms with Gasteiger partial charge >= 0.3 is 0 Å². The quantitative estimate of drug-likeness (QED) is 0.291. The van der Waals surface area contributed by atoms with E-state index < -0.39 is 9.52 Å². The fraction of sp³-hybridized carbons (Fsp3) is 0.0323. The van der Waals surface area contributed by atoms with E-state index in [0.717, 1.165) is 11.2 Å². The van der Waals surface area contributed by atoms with E-state index >= 15 is 0 Å². The lowest BCUT2D eigenvalue weighted by atomic mass is 9.67. The molecule has 2 heterocycles. The summed E-state index contributed by atoms with van der Waals surface area (Å²) in [6.45, 7) is 0. The highest BCUT2D eigenvalue weighted by molar-refractivity contribution is 6.72. The van der Waals surface area contributed by atoms with Crippen molar-refractivity contribution in [2.75, 3.05) is 0 Å². The molecule has 1 spiro atoms. The molecule has 0 atom stereocenters. The van der Waals surface area contributed by atoms with Gasteiger partial charge in [0.2, 0.25) is 0 Å². The third-order valence-electron chi connectivity index (χ3n) is 7.80. The molecule has 0 N–H and O–H groups in total. The second kappa shape index (κ2) is 6.12. The Balaban J connectivity index is 1.62. The van der Waals surface area contributed by atoms with Crippen molar-refractivity contribution in [1.29, 1.82) is 0 Å². The smallest absolute Gasteiger partial charge is 0.135 e. The Hall–Kier alpha value is -3.88. The van der Waals surface area contributed by atoms with Crippen LogP contribution in [0.2, 0.25) is 0 Å². The van der Waals surface area contributed by atoms with E-state index in [4.69, 9.17) is 4.42 Å². The van der Waals surface area contributed by atoms with Gasteiger partial charge in [-0.15, -0.1) is 0 Å². The van der Waals surface area contributed by atoms with Gasteiger partial charge in [-0.1, -0.05) is 102 Å². The number of hydrogen-bond donors (Lipinski definition) is 0. The van der Waals surface area contributed by atoms with E-state index in [0.29, 0.717) is 0 Å². The molecule has 33 heavy (non-hydrogen) atoms. The lowest BCUT2D eigenvalue weighted by Crippen LogP contribution is -2.49. The molecular formula is C31H20OSi. The van der Waals surface area contributed by atoms with Gasteiger partial charge in [0.05, 0.1) is 14.9 Å². The largest absolute Gasteiger partial charge is 0.456 e. The number of furan rings is 1. The Kier molecular flexibility index (Phi) is 3.27. The van der Waals surface area contributed by atoms with Crippen molar-refractivity contribution in [1.82, 2.24) is 0 Å². The van der Waals surface area contributed by atoms with Crippen LogP contribution in [0, 0.1) is 0 Å². The molecule has 2 aliphatic rings. The molecule has 1 aliphatic carbocycles. The lowest BCUT2D eigenvalue weighted by Gasteiger charge is -2.40. The monoisotopic (exact) mass is 436 g/mol. The summed E-state index contributed by atoms with van der Waals surface area (Å²) in [6.07, 6.45) is 0. The molecule has 0 amide bonds. The molecule has 0 radical (unpaired) electrons. The van der Waals surface area contributed by atoms with Crippen molar-refractivity contribution >= 4 is 41.8 Å². The zero-order chi connectivity index (χ0) is 21.6. The normalized spacial score (nSPS) is 15.5. The summed E-state index contributed by atoms with van der Waals surface area (Å²) in [5.41, 5.74) is 10.1. The summed E-state index contributed by atoms with van der Waals surface area (Å²) in [7, 11) is -0.696. The SMILES string of the molecule is c1ccc2c(c1)[SiH2]c1c(ccc3oc4ccccc4c13)C21c2ccccc2-c2ccccc21. The van der Waals surface area contributed by atoms with Gasteiger partial charge in [-0.3, -0.25) is 0 Å². The summed E-state index contributed by atoms with van der Waals surface area (Å²) in [4.78, 5) is 0. The predicted octanol–water partition coefficient (Wildman–Crippen LogP) is 5.38. The molecule has 0 saturated carbocycles. The first kappa shape index (κ1) is 17.6. The summed E-state index contributed by atoms with van der Waals surface area (Å²) >= 11 is 0. The first-order valence-corrected chi connectivity index (χ1v) is 13.0. The zero-order valence-corrected chi connectivity index (χ0v) is 19.4. The lowest BCUT2D eigenvalue weighted by molar-refractivity contribution is 0.668. The van der Waals surface area contributed by atoms with E-state index in [2.05, 4.69) is 109 Å². The van der Waals surface area contributed by atoms with Crippen LogP contribution in [-0.4, -0.2) is 9.52 Å². The fourth-order valence-electron chi connectivity index (χ4n) is 6.61. The number of fused-ring (bicyclic) bond motifs is 13. The number of para-hydroxylation sites is 1. The molecule has 1 nitrogen and oxygen atoms in total. The maximum atomic E-state index is 6.32. The van der Waals surface area contributed by atoms with Gasteiger partial charge in [-0.2, -0.15) is 0 Å². The number of hydrogen-bond acceptors (Lipinski definition) is 1. The van der Waals surface area contributed by atoms with Crippen molar-refractivity contribution < 1.29 is 4.42 Å². The highest BCUT2D eigenvalue weighted by atomic mass is 28.2. The van der Waals surface area contributed by atoms with Crippen molar-refractivity contribution in [2.24, 2.45) is 0 Å². The number of rotatable bonds is 0. The van der Waals surface area contributed by atoms with Crippen LogP contribution < -0.4 is 10.4 Å². The average Bonchev–Trinajstić information content (AvgIpc) is 3.39. The summed E-state index contributed by atoms with van der Waals surface area (Å²) < 4.78 is 6.32. The Labute approximate surface area is 194 Å². The average molecular weight is 437 g/mol. The van der Waals surface area contributed by atoms with Gasteiger partial charge in [-0.25, -0.2) is 0 Å². The van der Waals surface area contributed by atoms with Crippen LogP contribution in [0.5, 0.6) is 0 Å². The van der Waals surface area contributed by atoms with Crippen molar-refractivity contribution in [3.05, 3.63) is 131 Å². The van der Waals surface area contributed by atoms with Crippen LogP contribution in [0.25, 0.3) is 33.1 Å². The van der Waals surface area contributed by atoms with Crippen LogP contribution >= 0.6 is 0 Å². The number of benzene rings is 5. The molecule has 0 unspecified atom stereocenters. The van der Waals surface area contributed by atoms with E-state index in [9.17, 15) is 0 Å². The minimum Gasteiger partial charge on any atom is -0.456 e. The molecule has 2 heteroatoms. The summed E-state index contributed by atoms with van der Waals surface area (Å²) in [6, 6.07) is 40.3. The van der Waals surface area contributed by atoms with Crippen molar-refractivity contribution in [3.8, 4) is 11.1 Å². The highest BCUT2D eigenvalue weighted by Crippen LogP contribution is 2.56. The van der Waals surface area contributed by atoms with Gasteiger partial charge in [0, 0.05) is 10.8 Å². The fourth-order valence-corrected chi connectivity index (χ4v) is 8.94. The first-order valence-electron chi connectivity index (χ1n) is 11.6. The molecule has 154 valence electrons. The molecule has 5 aromatic carbocycles. The Morgan fingerprint density at radius 1 is 0.515 bits per heavy atom. The predicted molar refractivity (Wildman–Crippen MR) is 139 cm³/mol. The molecular weight excluding hydrogens is 416 g/mol. The van der Waals surface area contributed by atoms with Crippen LogP contribution in [0.3, 0.4) is 0 Å². The van der Waals surface area contributed by atoms with Crippen molar-refractivity contribution in [3.63, 3.8) is 0 Å². The first-order chi connectivity index (χ1) is 16.4. The van der Waals surface area contributed by atoms with Crippen LogP contribution in [-0.2, 0) is 5.41 Å². The van der Waals surface area contributed by atoms with E-state index in [1.165, 1.54) is 54.5 Å². The Bertz CT molecular complexity index is 1710. The summed E-state index contributed by atoms with van der Waals surface area (Å²) in [5, 5.41) is 5.63. The Morgan fingerprint density at radius 2 is 1.15 bits per heavy atom. The molecule has 1 aromatic heterocycles. The third-order valence-corrected chi connectivity index (χ3v) is 9.88. The van der Waals surface area contributed by atoms with Gasteiger partial charge in [-0.05, 0) is 50.7 Å². The molecule has 6 aromatic rings. The second-order valence-corrected chi connectivity index (χ2v) is 11.1. The topological polar surface area (TPSA) is 13.1 Å².